The molecule has 1 rings (SSSR count). The van der Waals surface area contributed by atoms with Crippen molar-refractivity contribution >= 4 is 11.3 Å². The molecule has 0 saturated heterocycles. The van der Waals surface area contributed by atoms with Crippen LogP contribution in [0.25, 0.3) is 0 Å². The second kappa shape index (κ2) is 3.11. The molecule has 0 amide bonds. The van der Waals surface area contributed by atoms with Crippen molar-refractivity contribution in [2.24, 2.45) is 0 Å². The van der Waals surface area contributed by atoms with Crippen molar-refractivity contribution in [3.05, 3.63) is 16.1 Å². The zero-order valence-corrected chi connectivity index (χ0v) is 6.54. The summed E-state index contributed by atoms with van der Waals surface area (Å²) in [6, 6.07) is 1.75. The Balaban J connectivity index is 2.86. The fourth-order valence-electron chi connectivity index (χ4n) is 0.598. The van der Waals surface area contributed by atoms with Gasteiger partial charge in [0.1, 0.15) is 0 Å². The minimum absolute atomic E-state index is 0.0201. The molecule has 0 aromatic carbocycles. The van der Waals surface area contributed by atoms with Gasteiger partial charge in [-0.25, -0.2) is 4.98 Å². The van der Waals surface area contributed by atoms with Gasteiger partial charge < -0.3 is 0 Å². The number of thiazole rings is 1. The summed E-state index contributed by atoms with van der Waals surface area (Å²) in [4.78, 5) is 3.49. The number of nitrogens with zero attached hydrogens (tertiary/aromatic N) is 2. The van der Waals surface area contributed by atoms with Crippen LogP contribution >= 0.6 is 11.3 Å². The zero-order chi connectivity index (χ0) is 9.19. The van der Waals surface area contributed by atoms with Crippen molar-refractivity contribution in [1.82, 2.24) is 4.98 Å². The lowest BCUT2D eigenvalue weighted by Gasteiger charge is -1.98. The van der Waals surface area contributed by atoms with Crippen LogP contribution in [0.2, 0.25) is 0 Å². The number of alkyl halides is 3. The van der Waals surface area contributed by atoms with E-state index in [0.29, 0.717) is 16.2 Å². The third-order valence-corrected chi connectivity index (χ3v) is 2.09. The summed E-state index contributed by atoms with van der Waals surface area (Å²) in [6.07, 6.45) is -3.33. The fourth-order valence-corrected chi connectivity index (χ4v) is 1.31. The highest BCUT2D eigenvalue weighted by Gasteiger charge is 2.34. The standard InChI is InChI=1S/C6H3F3N2S/c7-6(8,9)5-11-3-4(12-5)1-2-10/h3H,1H2. The summed E-state index contributed by atoms with van der Waals surface area (Å²) in [5.41, 5.74) is 0. The molecule has 1 heterocycles. The number of hydrogen-bond acceptors (Lipinski definition) is 3. The second-order valence-electron chi connectivity index (χ2n) is 1.96. The fraction of sp³-hybridized carbons (Fsp3) is 0.333. The van der Waals surface area contributed by atoms with Crippen LogP contribution in [-0.2, 0) is 12.6 Å². The summed E-state index contributed by atoms with van der Waals surface area (Å²) in [7, 11) is 0. The largest absolute Gasteiger partial charge is 0.443 e. The van der Waals surface area contributed by atoms with E-state index in [0.717, 1.165) is 6.20 Å². The molecule has 0 N–H and O–H groups in total. The first-order chi connectivity index (χ1) is 5.54. The van der Waals surface area contributed by atoms with Crippen molar-refractivity contribution in [3.8, 4) is 6.07 Å². The summed E-state index contributed by atoms with van der Waals surface area (Å²) in [5.74, 6) is 0. The first-order valence-electron chi connectivity index (χ1n) is 2.93. The van der Waals surface area contributed by atoms with E-state index in [-0.39, 0.29) is 6.42 Å². The van der Waals surface area contributed by atoms with Gasteiger partial charge in [-0.1, -0.05) is 0 Å². The van der Waals surface area contributed by atoms with Gasteiger partial charge in [-0.15, -0.1) is 11.3 Å². The number of halogens is 3. The van der Waals surface area contributed by atoms with Gasteiger partial charge >= 0.3 is 6.18 Å². The predicted octanol–water partition coefficient (Wildman–Crippen LogP) is 2.23. The van der Waals surface area contributed by atoms with Gasteiger partial charge in [-0.2, -0.15) is 18.4 Å². The lowest BCUT2D eigenvalue weighted by atomic mass is 10.4. The molecule has 0 aliphatic carbocycles. The van der Waals surface area contributed by atoms with E-state index in [2.05, 4.69) is 4.98 Å². The van der Waals surface area contributed by atoms with Gasteiger partial charge in [0.05, 0.1) is 12.5 Å². The Morgan fingerprint density at radius 3 is 2.67 bits per heavy atom. The van der Waals surface area contributed by atoms with Crippen molar-refractivity contribution in [2.75, 3.05) is 0 Å². The molecule has 1 aromatic rings. The molecule has 6 heteroatoms. The molecule has 2 nitrogen and oxygen atoms in total. The van der Waals surface area contributed by atoms with Crippen LogP contribution in [0.15, 0.2) is 6.20 Å². The van der Waals surface area contributed by atoms with Crippen LogP contribution in [0.3, 0.4) is 0 Å². The zero-order valence-electron chi connectivity index (χ0n) is 5.72. The minimum Gasteiger partial charge on any atom is -0.240 e. The van der Waals surface area contributed by atoms with Crippen LogP contribution in [0.1, 0.15) is 9.88 Å². The number of nitriles is 1. The molecular formula is C6H3F3N2S. The molecular weight excluding hydrogens is 189 g/mol. The van der Waals surface area contributed by atoms with Crippen LogP contribution in [0.4, 0.5) is 13.2 Å². The second-order valence-corrected chi connectivity index (χ2v) is 3.08. The monoisotopic (exact) mass is 192 g/mol. The molecule has 0 spiro atoms. The Hall–Kier alpha value is -1.09. The van der Waals surface area contributed by atoms with E-state index in [9.17, 15) is 13.2 Å². The van der Waals surface area contributed by atoms with Gasteiger partial charge in [0.15, 0.2) is 5.01 Å². The SMILES string of the molecule is N#CCc1cnc(C(F)(F)F)s1. The highest BCUT2D eigenvalue weighted by Crippen LogP contribution is 2.32. The summed E-state index contributed by atoms with van der Waals surface area (Å²) in [5, 5.41) is 7.28. The minimum atomic E-state index is -4.39. The van der Waals surface area contributed by atoms with E-state index in [1.807, 2.05) is 0 Å². The highest BCUT2D eigenvalue weighted by atomic mass is 32.1. The normalized spacial score (nSPS) is 11.2. The molecule has 0 aliphatic rings. The van der Waals surface area contributed by atoms with Crippen molar-refractivity contribution in [1.29, 1.82) is 5.26 Å². The quantitative estimate of drug-likeness (QED) is 0.684. The Labute approximate surface area is 70.3 Å². The van der Waals surface area contributed by atoms with E-state index < -0.39 is 11.2 Å². The van der Waals surface area contributed by atoms with Crippen LogP contribution < -0.4 is 0 Å². The summed E-state index contributed by atoms with van der Waals surface area (Å²) in [6.45, 7) is 0. The third kappa shape index (κ3) is 1.95. The Morgan fingerprint density at radius 2 is 2.25 bits per heavy atom. The number of hydrogen-bond donors (Lipinski definition) is 0. The van der Waals surface area contributed by atoms with E-state index in [4.69, 9.17) is 5.26 Å². The molecule has 0 fully saturated rings. The molecule has 1 aromatic heterocycles. The predicted molar refractivity (Wildman–Crippen MR) is 36.4 cm³/mol. The number of rotatable bonds is 1. The molecule has 64 valence electrons. The van der Waals surface area contributed by atoms with Crippen LogP contribution in [-0.4, -0.2) is 4.98 Å². The molecule has 0 radical (unpaired) electrons. The van der Waals surface area contributed by atoms with E-state index >= 15 is 0 Å². The Kier molecular flexibility index (Phi) is 2.33. The lowest BCUT2D eigenvalue weighted by molar-refractivity contribution is -0.137. The lowest BCUT2D eigenvalue weighted by Crippen LogP contribution is -2.02. The average molecular weight is 192 g/mol. The van der Waals surface area contributed by atoms with Gasteiger partial charge in [-0.3, -0.25) is 0 Å². The molecule has 0 unspecified atom stereocenters. The van der Waals surface area contributed by atoms with Crippen molar-refractivity contribution < 1.29 is 13.2 Å². The van der Waals surface area contributed by atoms with Gasteiger partial charge in [0.2, 0.25) is 0 Å². The average Bonchev–Trinajstić information content (AvgIpc) is 2.35. The summed E-state index contributed by atoms with van der Waals surface area (Å²) >= 11 is 0.506. The van der Waals surface area contributed by atoms with E-state index in [1.54, 1.807) is 6.07 Å². The molecule has 0 saturated carbocycles. The van der Waals surface area contributed by atoms with Gasteiger partial charge in [-0.05, 0) is 0 Å². The van der Waals surface area contributed by atoms with Crippen molar-refractivity contribution in [2.45, 2.75) is 12.6 Å². The maximum Gasteiger partial charge on any atom is 0.443 e. The van der Waals surface area contributed by atoms with Gasteiger partial charge in [0.25, 0.3) is 0 Å². The van der Waals surface area contributed by atoms with Gasteiger partial charge in [0, 0.05) is 11.1 Å². The Morgan fingerprint density at radius 1 is 1.58 bits per heavy atom. The first-order valence-corrected chi connectivity index (χ1v) is 3.74. The Bertz CT molecular complexity index is 309. The molecule has 0 aliphatic heterocycles. The molecule has 0 atom stereocenters. The van der Waals surface area contributed by atoms with Crippen molar-refractivity contribution in [3.63, 3.8) is 0 Å². The maximum atomic E-state index is 11.9. The van der Waals surface area contributed by atoms with E-state index in [1.165, 1.54) is 0 Å². The topological polar surface area (TPSA) is 36.7 Å². The smallest absolute Gasteiger partial charge is 0.240 e. The first kappa shape index (κ1) is 9.00. The molecule has 0 bridgehead atoms. The highest BCUT2D eigenvalue weighted by molar-refractivity contribution is 7.11. The molecule has 12 heavy (non-hydrogen) atoms. The number of aromatic nitrogens is 1. The van der Waals surface area contributed by atoms with Crippen LogP contribution in [0.5, 0.6) is 0 Å². The maximum absolute atomic E-state index is 11.9. The third-order valence-electron chi connectivity index (χ3n) is 1.05. The van der Waals surface area contributed by atoms with Crippen LogP contribution in [0, 0.1) is 11.3 Å². The summed E-state index contributed by atoms with van der Waals surface area (Å²) < 4.78 is 35.7.